The van der Waals surface area contributed by atoms with Gasteiger partial charge in [-0.1, -0.05) is 60.7 Å². The molecule has 8 bridgehead atoms. The first-order valence-electron chi connectivity index (χ1n) is 13.0. The zero-order valence-electron chi connectivity index (χ0n) is 21.4. The number of nitrogens with one attached hydrogen (secondary N) is 3. The van der Waals surface area contributed by atoms with E-state index in [0.29, 0.717) is 28.2 Å². The molecule has 0 amide bonds. The van der Waals surface area contributed by atoms with E-state index < -0.39 is 5.54 Å². The predicted octanol–water partition coefficient (Wildman–Crippen LogP) is 3.81. The average Bonchev–Trinajstić information content (AvgIpc) is 3.81. The minimum Gasteiger partial charge on any atom is -0.366 e. The normalized spacial score (nSPS) is 25.2. The van der Waals surface area contributed by atoms with Crippen LogP contribution in [0.2, 0.25) is 0 Å². The summed E-state index contributed by atoms with van der Waals surface area (Å²) in [5, 5.41) is 5.20. The highest BCUT2D eigenvalue weighted by molar-refractivity contribution is 6.30. The SMILES string of the molecule is O=C/C1=C2\C=CC(C=O)(N2)/C(c2ccccc2)=C2/C=CC(=N2)/C(c2ccccc2)=c2/cc/c([nH]2)=C/c2ccc1[nH]2. The molecule has 0 radical (unpaired) electrons. The summed E-state index contributed by atoms with van der Waals surface area (Å²) >= 11 is 0. The molecular weight excluding hydrogens is 496 g/mol. The number of allylic oxidation sites excluding steroid dienone is 4. The molecule has 0 spiro atoms. The van der Waals surface area contributed by atoms with Gasteiger partial charge in [-0.05, 0) is 65.8 Å². The molecular formula is C34H24N4O2. The standard InChI is InChI=1S/C34H24N4O2/c39-20-26-27-13-11-24(35-27)19-25-12-14-29(36-25)32(22-7-3-1-4-8-22)30-15-16-31(37-30)33(23-9-5-2-6-10-23)34(21-40)18-17-28(26)38-34/h1-21,35-36,38H/b25-19-,28-26-,32-29-,33-31-. The summed E-state index contributed by atoms with van der Waals surface area (Å²) in [4.78, 5) is 37.3. The summed E-state index contributed by atoms with van der Waals surface area (Å²) in [6.45, 7) is 0. The van der Waals surface area contributed by atoms with E-state index >= 15 is 0 Å². The predicted molar refractivity (Wildman–Crippen MR) is 157 cm³/mol. The number of aromatic nitrogens is 2. The third-order valence-corrected chi connectivity index (χ3v) is 7.43. The number of aliphatic imine (C=N–C) groups is 1. The monoisotopic (exact) mass is 520 g/mol. The van der Waals surface area contributed by atoms with Crippen LogP contribution >= 0.6 is 0 Å². The molecule has 1 unspecified atom stereocenters. The molecule has 3 aliphatic rings. The maximum Gasteiger partial charge on any atom is 0.154 e. The molecule has 1 atom stereocenters. The second-order valence-electron chi connectivity index (χ2n) is 9.89. The van der Waals surface area contributed by atoms with Crippen molar-refractivity contribution in [2.24, 2.45) is 4.99 Å². The van der Waals surface area contributed by atoms with Gasteiger partial charge < -0.3 is 15.3 Å². The van der Waals surface area contributed by atoms with Crippen LogP contribution in [-0.2, 0) is 9.59 Å². The number of carbonyl (C=O) groups is 2. The van der Waals surface area contributed by atoms with Gasteiger partial charge >= 0.3 is 0 Å². The van der Waals surface area contributed by atoms with Crippen LogP contribution in [0.3, 0.4) is 0 Å². The van der Waals surface area contributed by atoms with Crippen molar-refractivity contribution < 1.29 is 9.59 Å². The molecule has 0 saturated carbocycles. The van der Waals surface area contributed by atoms with Gasteiger partial charge in [0.15, 0.2) is 12.6 Å². The van der Waals surface area contributed by atoms with Crippen LogP contribution in [0.25, 0.3) is 22.8 Å². The second-order valence-corrected chi connectivity index (χ2v) is 9.89. The first-order valence-corrected chi connectivity index (χ1v) is 13.0. The number of hydrogen-bond acceptors (Lipinski definition) is 4. The number of rotatable bonds is 4. The Labute approximate surface area is 230 Å². The quantitative estimate of drug-likeness (QED) is 0.358. The molecule has 0 fully saturated rings. The van der Waals surface area contributed by atoms with E-state index in [-0.39, 0.29) is 0 Å². The summed E-state index contributed by atoms with van der Waals surface area (Å²) in [7, 11) is 0. The van der Waals surface area contributed by atoms with Crippen molar-refractivity contribution in [3.05, 3.63) is 154 Å². The summed E-state index contributed by atoms with van der Waals surface area (Å²) < 4.78 is 0. The van der Waals surface area contributed by atoms with E-state index in [1.54, 1.807) is 6.08 Å². The van der Waals surface area contributed by atoms with Gasteiger partial charge in [-0.15, -0.1) is 0 Å². The van der Waals surface area contributed by atoms with Gasteiger partial charge in [0.25, 0.3) is 0 Å². The number of carbonyl (C=O) groups excluding carboxylic acids is 2. The number of fused-ring (bicyclic) bond motifs is 7. The molecule has 6 heteroatoms. The molecule has 7 rings (SSSR count). The van der Waals surface area contributed by atoms with Gasteiger partial charge in [0, 0.05) is 33.2 Å². The second kappa shape index (κ2) is 9.36. The molecule has 192 valence electrons. The van der Waals surface area contributed by atoms with Crippen molar-refractivity contribution in [3.63, 3.8) is 0 Å². The lowest BCUT2D eigenvalue weighted by atomic mass is 9.85. The first-order chi connectivity index (χ1) is 19.7. The molecule has 2 aromatic carbocycles. The number of hydrogen-bond donors (Lipinski definition) is 3. The summed E-state index contributed by atoms with van der Waals surface area (Å²) in [5.74, 6) is 0. The van der Waals surface area contributed by atoms with E-state index in [4.69, 9.17) is 4.99 Å². The van der Waals surface area contributed by atoms with Crippen LogP contribution in [-0.4, -0.2) is 33.8 Å². The van der Waals surface area contributed by atoms with Crippen molar-refractivity contribution in [2.75, 3.05) is 0 Å². The number of aldehydes is 2. The van der Waals surface area contributed by atoms with Crippen LogP contribution in [0.4, 0.5) is 0 Å². The number of aromatic amines is 2. The van der Waals surface area contributed by atoms with Crippen LogP contribution in [0.1, 0.15) is 22.5 Å². The van der Waals surface area contributed by atoms with Crippen LogP contribution < -0.4 is 16.0 Å². The zero-order chi connectivity index (χ0) is 27.1. The molecule has 3 N–H and O–H groups in total. The van der Waals surface area contributed by atoms with Crippen molar-refractivity contribution in [2.45, 2.75) is 5.54 Å². The Balaban J connectivity index is 1.58. The Morgan fingerprint density at radius 1 is 0.750 bits per heavy atom. The fraction of sp³-hybridized carbons (Fsp3) is 0.0294. The van der Waals surface area contributed by atoms with Gasteiger partial charge in [-0.3, -0.25) is 9.59 Å². The highest BCUT2D eigenvalue weighted by atomic mass is 16.1. The molecule has 0 aliphatic carbocycles. The third-order valence-electron chi connectivity index (χ3n) is 7.43. The molecule has 40 heavy (non-hydrogen) atoms. The Hall–Kier alpha value is -5.49. The molecule has 3 aliphatic heterocycles. The number of nitrogens with zero attached hydrogens (tertiary/aromatic N) is 1. The fourth-order valence-electron chi connectivity index (χ4n) is 5.58. The van der Waals surface area contributed by atoms with Crippen molar-refractivity contribution >= 4 is 41.1 Å². The Kier molecular flexibility index (Phi) is 5.53. The summed E-state index contributed by atoms with van der Waals surface area (Å²) in [5.41, 5.74) is 6.24. The topological polar surface area (TPSA) is 90.1 Å². The van der Waals surface area contributed by atoms with Gasteiger partial charge in [0.2, 0.25) is 0 Å². The minimum absolute atomic E-state index is 0.433. The van der Waals surface area contributed by atoms with Crippen LogP contribution in [0.5, 0.6) is 0 Å². The average molecular weight is 521 g/mol. The molecule has 4 aromatic rings. The highest BCUT2D eigenvalue weighted by Gasteiger charge is 2.39. The van der Waals surface area contributed by atoms with Crippen LogP contribution in [0.15, 0.2) is 126 Å². The first kappa shape index (κ1) is 23.6. The third kappa shape index (κ3) is 3.85. The molecule has 0 saturated heterocycles. The van der Waals surface area contributed by atoms with Gasteiger partial charge in [-0.25, -0.2) is 4.99 Å². The number of H-pyrrole nitrogens is 2. The maximum atomic E-state index is 13.0. The van der Waals surface area contributed by atoms with E-state index in [1.165, 1.54) is 0 Å². The number of benzene rings is 2. The van der Waals surface area contributed by atoms with E-state index in [0.717, 1.165) is 51.4 Å². The lowest BCUT2D eigenvalue weighted by Gasteiger charge is -2.28. The van der Waals surface area contributed by atoms with E-state index in [2.05, 4.69) is 27.4 Å². The summed E-state index contributed by atoms with van der Waals surface area (Å²) in [6, 6.07) is 27.8. The van der Waals surface area contributed by atoms with Crippen molar-refractivity contribution in [1.29, 1.82) is 0 Å². The minimum atomic E-state index is -1.23. The smallest absolute Gasteiger partial charge is 0.154 e. The van der Waals surface area contributed by atoms with Gasteiger partial charge in [-0.2, -0.15) is 0 Å². The zero-order valence-corrected chi connectivity index (χ0v) is 21.4. The molecule has 6 nitrogen and oxygen atoms in total. The Morgan fingerprint density at radius 3 is 2.27 bits per heavy atom. The van der Waals surface area contributed by atoms with E-state index in [1.807, 2.05) is 97.1 Å². The van der Waals surface area contributed by atoms with E-state index in [9.17, 15) is 9.59 Å². The van der Waals surface area contributed by atoms with Gasteiger partial charge in [0.05, 0.1) is 22.7 Å². The lowest BCUT2D eigenvalue weighted by Crippen LogP contribution is -2.42. The van der Waals surface area contributed by atoms with Crippen molar-refractivity contribution in [1.82, 2.24) is 15.3 Å². The Bertz CT molecular complexity index is 1950. The summed E-state index contributed by atoms with van der Waals surface area (Å²) in [6.07, 6.45) is 11.2. The lowest BCUT2D eigenvalue weighted by molar-refractivity contribution is -0.110. The fourth-order valence-corrected chi connectivity index (χ4v) is 5.58. The van der Waals surface area contributed by atoms with Gasteiger partial charge in [0.1, 0.15) is 5.54 Å². The van der Waals surface area contributed by atoms with Crippen molar-refractivity contribution in [3.8, 4) is 0 Å². The largest absolute Gasteiger partial charge is 0.366 e. The maximum absolute atomic E-state index is 13.0. The molecule has 5 heterocycles. The highest BCUT2D eigenvalue weighted by Crippen LogP contribution is 2.38. The Morgan fingerprint density at radius 2 is 1.52 bits per heavy atom. The molecule has 2 aromatic heterocycles. The van der Waals surface area contributed by atoms with Crippen LogP contribution in [0, 0.1) is 0 Å².